The van der Waals surface area contributed by atoms with Crippen LogP contribution in [0.2, 0.25) is 0 Å². The van der Waals surface area contributed by atoms with Gasteiger partial charge in [0.05, 0.1) is 17.0 Å². The van der Waals surface area contributed by atoms with Crippen molar-refractivity contribution in [3.05, 3.63) is 78.0 Å². The van der Waals surface area contributed by atoms with Crippen LogP contribution in [-0.4, -0.2) is 38.7 Å². The second kappa shape index (κ2) is 8.33. The van der Waals surface area contributed by atoms with Gasteiger partial charge in [-0.25, -0.2) is 0 Å². The molecule has 2 aliphatic carbocycles. The molecule has 2 saturated carbocycles. The standard InChI is InChI=1S/C28H27N7O2/c1-14-6-5-9-16(12-14)31-28-33-26-17(10-11-30-26)27(34-28)32-23-19-13-18(21(23)25(29)36)20-22(35-37-24(19)20)15-7-3-2-4-8-15/h2-12,18-21,23-24H,13H2,1H3,(H2,29,36)(H3,30,31,32,33,34). The van der Waals surface area contributed by atoms with Gasteiger partial charge in [0.15, 0.2) is 0 Å². The summed E-state index contributed by atoms with van der Waals surface area (Å²) in [7, 11) is 0. The molecule has 1 amide bonds. The summed E-state index contributed by atoms with van der Waals surface area (Å²) in [5.74, 6) is 0.642. The lowest BCUT2D eigenvalue weighted by atomic mass is 9.72. The van der Waals surface area contributed by atoms with Crippen molar-refractivity contribution in [3.63, 3.8) is 0 Å². The van der Waals surface area contributed by atoms with E-state index in [0.717, 1.165) is 34.3 Å². The number of nitrogens with two attached hydrogens (primary N) is 1. The number of carbonyl (C=O) groups excluding carboxylic acids is 1. The number of aryl methyl sites for hydroxylation is 1. The van der Waals surface area contributed by atoms with Crippen molar-refractivity contribution in [3.8, 4) is 0 Å². The van der Waals surface area contributed by atoms with Gasteiger partial charge in [-0.05, 0) is 48.6 Å². The highest BCUT2D eigenvalue weighted by atomic mass is 16.6. The first-order chi connectivity index (χ1) is 18.1. The first-order valence-electron chi connectivity index (χ1n) is 12.6. The average Bonchev–Trinajstić information content (AvgIpc) is 3.66. The number of H-pyrrole nitrogens is 1. The minimum Gasteiger partial charge on any atom is -0.391 e. The second-order valence-electron chi connectivity index (χ2n) is 10.2. The van der Waals surface area contributed by atoms with E-state index in [4.69, 9.17) is 15.6 Å². The highest BCUT2D eigenvalue weighted by molar-refractivity contribution is 6.04. The maximum atomic E-state index is 12.8. The Bertz CT molecular complexity index is 1530. The van der Waals surface area contributed by atoms with Crippen LogP contribution in [0.4, 0.5) is 17.5 Å². The summed E-state index contributed by atoms with van der Waals surface area (Å²) < 4.78 is 0. The van der Waals surface area contributed by atoms with Crippen molar-refractivity contribution in [2.75, 3.05) is 10.6 Å². The van der Waals surface area contributed by atoms with Crippen LogP contribution in [0, 0.1) is 30.6 Å². The normalized spacial score (nSPS) is 27.5. The molecule has 0 saturated heterocycles. The third kappa shape index (κ3) is 3.53. The number of primary amides is 1. The zero-order chi connectivity index (χ0) is 25.1. The van der Waals surface area contributed by atoms with Crippen molar-refractivity contribution < 1.29 is 9.63 Å². The van der Waals surface area contributed by atoms with Crippen LogP contribution in [0.5, 0.6) is 0 Å². The Hall–Kier alpha value is -4.40. The summed E-state index contributed by atoms with van der Waals surface area (Å²) in [5, 5.41) is 12.2. The number of anilines is 3. The number of carbonyl (C=O) groups is 1. The van der Waals surface area contributed by atoms with Gasteiger partial charge in [0.25, 0.3) is 0 Å². The van der Waals surface area contributed by atoms with E-state index in [2.05, 4.69) is 25.8 Å². The Kier molecular flexibility index (Phi) is 4.92. The molecule has 3 aliphatic rings. The third-order valence-electron chi connectivity index (χ3n) is 8.07. The van der Waals surface area contributed by atoms with Crippen molar-refractivity contribution in [1.29, 1.82) is 0 Å². The molecule has 6 atom stereocenters. The fourth-order valence-electron chi connectivity index (χ4n) is 6.59. The topological polar surface area (TPSA) is 130 Å². The van der Waals surface area contributed by atoms with Gasteiger partial charge in [-0.2, -0.15) is 9.97 Å². The highest BCUT2D eigenvalue weighted by Gasteiger charge is 2.64. The minimum absolute atomic E-state index is 0.0548. The lowest BCUT2D eigenvalue weighted by molar-refractivity contribution is -0.125. The number of aromatic nitrogens is 3. The predicted octanol–water partition coefficient (Wildman–Crippen LogP) is 3.96. The van der Waals surface area contributed by atoms with Crippen molar-refractivity contribution in [2.24, 2.45) is 34.6 Å². The van der Waals surface area contributed by atoms with E-state index in [1.807, 2.05) is 73.8 Å². The largest absolute Gasteiger partial charge is 0.391 e. The van der Waals surface area contributed by atoms with Gasteiger partial charge in [-0.3, -0.25) is 4.79 Å². The van der Waals surface area contributed by atoms with Crippen LogP contribution in [0.3, 0.4) is 0 Å². The van der Waals surface area contributed by atoms with E-state index in [1.54, 1.807) is 0 Å². The Morgan fingerprint density at radius 3 is 2.76 bits per heavy atom. The highest BCUT2D eigenvalue weighted by Crippen LogP contribution is 2.57. The van der Waals surface area contributed by atoms with Gasteiger partial charge in [-0.1, -0.05) is 47.6 Å². The number of aromatic amines is 1. The molecule has 0 radical (unpaired) electrons. The molecule has 5 N–H and O–H groups in total. The summed E-state index contributed by atoms with van der Waals surface area (Å²) in [6.45, 7) is 2.04. The van der Waals surface area contributed by atoms with Crippen LogP contribution in [0.15, 0.2) is 72.0 Å². The molecule has 4 aromatic rings. The smallest absolute Gasteiger partial charge is 0.231 e. The molecule has 9 nitrogen and oxygen atoms in total. The number of benzene rings is 2. The number of amides is 1. The van der Waals surface area contributed by atoms with Gasteiger partial charge in [0.1, 0.15) is 17.6 Å². The predicted molar refractivity (Wildman–Crippen MR) is 141 cm³/mol. The molecule has 6 unspecified atom stereocenters. The lowest BCUT2D eigenvalue weighted by Crippen LogP contribution is -2.51. The average molecular weight is 494 g/mol. The van der Waals surface area contributed by atoms with Gasteiger partial charge in [0, 0.05) is 29.8 Å². The number of nitrogens with zero attached hydrogens (tertiary/aromatic N) is 3. The zero-order valence-corrected chi connectivity index (χ0v) is 20.3. The van der Waals surface area contributed by atoms with E-state index in [-0.39, 0.29) is 41.7 Å². The summed E-state index contributed by atoms with van der Waals surface area (Å²) in [6.07, 6.45) is 2.59. The number of rotatable bonds is 6. The number of nitrogens with one attached hydrogen (secondary N) is 3. The minimum atomic E-state index is -0.362. The number of oxime groups is 1. The monoisotopic (exact) mass is 493 g/mol. The van der Waals surface area contributed by atoms with Crippen LogP contribution in [0.1, 0.15) is 17.5 Å². The quantitative estimate of drug-likeness (QED) is 0.322. The first kappa shape index (κ1) is 21.8. The summed E-state index contributed by atoms with van der Waals surface area (Å²) in [4.78, 5) is 31.5. The van der Waals surface area contributed by atoms with Crippen LogP contribution < -0.4 is 16.4 Å². The first-order valence-corrected chi connectivity index (χ1v) is 12.6. The van der Waals surface area contributed by atoms with E-state index in [1.165, 1.54) is 0 Å². The Balaban J connectivity index is 1.21. The van der Waals surface area contributed by atoms with Crippen molar-refractivity contribution in [1.82, 2.24) is 15.0 Å². The van der Waals surface area contributed by atoms with Gasteiger partial charge >= 0.3 is 0 Å². The molecular formula is C28H27N7O2. The summed E-state index contributed by atoms with van der Waals surface area (Å²) in [5.41, 5.74) is 10.7. The van der Waals surface area contributed by atoms with E-state index in [0.29, 0.717) is 17.4 Å². The van der Waals surface area contributed by atoms with E-state index >= 15 is 0 Å². The SMILES string of the molecule is Cc1cccc(Nc2nc(NC3C4CC(C3C(N)=O)C3C(c5ccccc5)=NOC43)c3cc[nH]c3n2)c1. The van der Waals surface area contributed by atoms with Crippen LogP contribution in [-0.2, 0) is 9.63 Å². The fourth-order valence-corrected chi connectivity index (χ4v) is 6.59. The van der Waals surface area contributed by atoms with E-state index < -0.39 is 0 Å². The molecule has 2 bridgehead atoms. The lowest BCUT2D eigenvalue weighted by Gasteiger charge is -2.36. The van der Waals surface area contributed by atoms with Crippen LogP contribution in [0.25, 0.3) is 11.0 Å². The Labute approximate surface area is 213 Å². The van der Waals surface area contributed by atoms with Gasteiger partial charge in [0.2, 0.25) is 11.9 Å². The second-order valence-corrected chi connectivity index (χ2v) is 10.2. The number of hydrogen-bond acceptors (Lipinski definition) is 7. The molecule has 2 aromatic heterocycles. The van der Waals surface area contributed by atoms with Gasteiger partial charge in [-0.15, -0.1) is 0 Å². The van der Waals surface area contributed by atoms with Crippen molar-refractivity contribution >= 4 is 40.1 Å². The molecule has 2 aromatic carbocycles. The Morgan fingerprint density at radius 2 is 1.95 bits per heavy atom. The third-order valence-corrected chi connectivity index (χ3v) is 8.07. The maximum absolute atomic E-state index is 12.8. The molecule has 1 aliphatic heterocycles. The number of fused-ring (bicyclic) bond motifs is 6. The maximum Gasteiger partial charge on any atom is 0.231 e. The fraction of sp³-hybridized carbons (Fsp3) is 0.286. The Morgan fingerprint density at radius 1 is 1.08 bits per heavy atom. The number of hydrogen-bond donors (Lipinski definition) is 4. The zero-order valence-electron chi connectivity index (χ0n) is 20.3. The molecule has 37 heavy (non-hydrogen) atoms. The van der Waals surface area contributed by atoms with Crippen LogP contribution >= 0.6 is 0 Å². The molecule has 186 valence electrons. The summed E-state index contributed by atoms with van der Waals surface area (Å²) in [6, 6.07) is 19.8. The molecular weight excluding hydrogens is 466 g/mol. The molecule has 7 rings (SSSR count). The van der Waals surface area contributed by atoms with Gasteiger partial charge < -0.3 is 26.2 Å². The molecule has 9 heteroatoms. The summed E-state index contributed by atoms with van der Waals surface area (Å²) >= 11 is 0. The van der Waals surface area contributed by atoms with E-state index in [9.17, 15) is 4.79 Å². The van der Waals surface area contributed by atoms with Crippen molar-refractivity contribution in [2.45, 2.75) is 25.5 Å². The molecule has 2 fully saturated rings. The molecule has 3 heterocycles. The molecule has 0 spiro atoms.